The van der Waals surface area contributed by atoms with Crippen molar-refractivity contribution >= 4 is 23.1 Å². The highest BCUT2D eigenvalue weighted by molar-refractivity contribution is 5.90. The van der Waals surface area contributed by atoms with E-state index in [-0.39, 0.29) is 0 Å². The van der Waals surface area contributed by atoms with Gasteiger partial charge in [-0.05, 0) is 0 Å². The fraction of sp³-hybridized carbons (Fsp3) is 0.300. The minimum absolute atomic E-state index is 0.400. The van der Waals surface area contributed by atoms with Crippen LogP contribution < -0.4 is 0 Å². The van der Waals surface area contributed by atoms with E-state index >= 15 is 0 Å². The summed E-state index contributed by atoms with van der Waals surface area (Å²) in [6.07, 6.45) is 2.67. The third-order valence-corrected chi connectivity index (χ3v) is 3.16. The number of H-pyrrole nitrogens is 1. The number of aromatic nitrogens is 4. The second kappa shape index (κ2) is 3.49. The van der Waals surface area contributed by atoms with Crippen molar-refractivity contribution in [3.05, 3.63) is 18.3 Å². The molecule has 0 aromatic carbocycles. The van der Waals surface area contributed by atoms with E-state index in [2.05, 4.69) is 19.9 Å². The summed E-state index contributed by atoms with van der Waals surface area (Å²) in [7, 11) is 0. The molecule has 0 radical (unpaired) electrons. The lowest BCUT2D eigenvalue weighted by molar-refractivity contribution is -0.144. The molecule has 2 atom stereocenters. The molecule has 2 aromatic rings. The van der Waals surface area contributed by atoms with Gasteiger partial charge in [-0.3, -0.25) is 9.59 Å². The van der Waals surface area contributed by atoms with Gasteiger partial charge < -0.3 is 15.2 Å². The molecule has 0 bridgehead atoms. The second-order valence-corrected chi connectivity index (χ2v) is 4.11. The average molecular weight is 248 g/mol. The molecule has 0 amide bonds. The molecule has 92 valence electrons. The number of carbonyl (C=O) groups is 2. The number of aromatic amines is 1. The van der Waals surface area contributed by atoms with Crippen LogP contribution in [0.4, 0.5) is 0 Å². The Labute approximate surface area is 99.7 Å². The fourth-order valence-electron chi connectivity index (χ4n) is 2.30. The van der Waals surface area contributed by atoms with E-state index in [4.69, 9.17) is 10.2 Å². The topological polar surface area (TPSA) is 129 Å². The fourth-order valence-corrected chi connectivity index (χ4v) is 2.30. The first kappa shape index (κ1) is 10.6. The molecule has 3 N–H and O–H groups in total. The quantitative estimate of drug-likeness (QED) is 0.688. The molecule has 1 aliphatic rings. The van der Waals surface area contributed by atoms with Crippen LogP contribution in [0.1, 0.15) is 11.6 Å². The number of hydrogen-bond acceptors (Lipinski definition) is 5. The molecule has 18 heavy (non-hydrogen) atoms. The monoisotopic (exact) mass is 248 g/mol. The highest BCUT2D eigenvalue weighted by Crippen LogP contribution is 2.54. The minimum atomic E-state index is -1.13. The summed E-state index contributed by atoms with van der Waals surface area (Å²) in [6.45, 7) is 0. The van der Waals surface area contributed by atoms with E-state index in [0.29, 0.717) is 16.9 Å². The maximum atomic E-state index is 11.0. The Hall–Kier alpha value is -2.51. The van der Waals surface area contributed by atoms with E-state index in [0.717, 1.165) is 0 Å². The largest absolute Gasteiger partial charge is 0.481 e. The Balaban J connectivity index is 2.08. The SMILES string of the molecule is O=C(O)[C@H]1C(c2ncnc3nc[nH]c23)[C@@H]1C(=O)O. The van der Waals surface area contributed by atoms with Gasteiger partial charge in [0.05, 0.1) is 23.9 Å². The van der Waals surface area contributed by atoms with Gasteiger partial charge in [0, 0.05) is 5.92 Å². The average Bonchev–Trinajstić information content (AvgIpc) is 2.90. The third kappa shape index (κ3) is 1.35. The zero-order valence-corrected chi connectivity index (χ0v) is 8.94. The van der Waals surface area contributed by atoms with Crippen LogP contribution in [0.15, 0.2) is 12.7 Å². The van der Waals surface area contributed by atoms with Crippen molar-refractivity contribution < 1.29 is 19.8 Å². The number of fused-ring (bicyclic) bond motifs is 1. The van der Waals surface area contributed by atoms with E-state index < -0.39 is 29.7 Å². The summed E-state index contributed by atoms with van der Waals surface area (Å²) < 4.78 is 0. The van der Waals surface area contributed by atoms with E-state index in [1.54, 1.807) is 0 Å². The molecule has 8 nitrogen and oxygen atoms in total. The van der Waals surface area contributed by atoms with Crippen LogP contribution >= 0.6 is 0 Å². The summed E-state index contributed by atoms with van der Waals surface area (Å²) in [6, 6.07) is 0. The predicted octanol–water partition coefficient (Wildman–Crippen LogP) is -0.148. The molecule has 0 aliphatic heterocycles. The van der Waals surface area contributed by atoms with Crippen molar-refractivity contribution in [2.24, 2.45) is 11.8 Å². The number of aliphatic carboxylic acids is 2. The molecule has 1 aliphatic carbocycles. The molecule has 2 heterocycles. The number of rotatable bonds is 3. The van der Waals surface area contributed by atoms with Gasteiger partial charge in [-0.1, -0.05) is 0 Å². The molecular formula is C10H8N4O4. The first-order valence-corrected chi connectivity index (χ1v) is 5.21. The van der Waals surface area contributed by atoms with Crippen molar-refractivity contribution in [2.75, 3.05) is 0 Å². The van der Waals surface area contributed by atoms with Crippen LogP contribution in [-0.2, 0) is 9.59 Å². The molecule has 0 spiro atoms. The van der Waals surface area contributed by atoms with E-state index in [9.17, 15) is 9.59 Å². The van der Waals surface area contributed by atoms with Crippen molar-refractivity contribution in [3.63, 3.8) is 0 Å². The van der Waals surface area contributed by atoms with Crippen molar-refractivity contribution in [2.45, 2.75) is 5.92 Å². The molecule has 1 fully saturated rings. The lowest BCUT2D eigenvalue weighted by Crippen LogP contribution is -2.05. The summed E-state index contributed by atoms with van der Waals surface area (Å²) >= 11 is 0. The normalized spacial score (nSPS) is 26.1. The number of carboxylic acid groups (broad SMARTS) is 2. The zero-order valence-electron chi connectivity index (χ0n) is 8.94. The van der Waals surface area contributed by atoms with Gasteiger partial charge in [-0.2, -0.15) is 0 Å². The van der Waals surface area contributed by atoms with Gasteiger partial charge in [0.25, 0.3) is 0 Å². The molecule has 2 aromatic heterocycles. The predicted molar refractivity (Wildman–Crippen MR) is 56.7 cm³/mol. The summed E-state index contributed by atoms with van der Waals surface area (Å²) in [5, 5.41) is 18.0. The lowest BCUT2D eigenvalue weighted by Gasteiger charge is -1.98. The zero-order chi connectivity index (χ0) is 12.9. The first-order chi connectivity index (χ1) is 8.61. The Morgan fingerprint density at radius 2 is 1.78 bits per heavy atom. The molecule has 0 saturated heterocycles. The summed E-state index contributed by atoms with van der Waals surface area (Å²) in [4.78, 5) is 36.6. The van der Waals surface area contributed by atoms with E-state index in [1.165, 1.54) is 12.7 Å². The van der Waals surface area contributed by atoms with Gasteiger partial charge >= 0.3 is 11.9 Å². The smallest absolute Gasteiger partial charge is 0.308 e. The molecule has 1 saturated carbocycles. The number of nitrogens with one attached hydrogen (secondary N) is 1. The summed E-state index contributed by atoms with van der Waals surface area (Å²) in [5.41, 5.74) is 1.30. The van der Waals surface area contributed by atoms with Crippen LogP contribution in [0.5, 0.6) is 0 Å². The molecular weight excluding hydrogens is 240 g/mol. The maximum Gasteiger partial charge on any atom is 0.308 e. The second-order valence-electron chi connectivity index (χ2n) is 4.11. The van der Waals surface area contributed by atoms with Gasteiger partial charge in [-0.15, -0.1) is 0 Å². The number of hydrogen-bond donors (Lipinski definition) is 3. The van der Waals surface area contributed by atoms with Crippen molar-refractivity contribution in [3.8, 4) is 0 Å². The summed E-state index contributed by atoms with van der Waals surface area (Å²) in [5.74, 6) is -4.77. The van der Waals surface area contributed by atoms with Crippen LogP contribution in [0.25, 0.3) is 11.2 Å². The number of imidazole rings is 1. The van der Waals surface area contributed by atoms with Crippen LogP contribution in [0, 0.1) is 11.8 Å². The number of carboxylic acids is 2. The minimum Gasteiger partial charge on any atom is -0.481 e. The molecule has 0 unspecified atom stereocenters. The molecule has 3 rings (SSSR count). The van der Waals surface area contributed by atoms with Gasteiger partial charge in [0.1, 0.15) is 11.8 Å². The molecule has 8 heteroatoms. The highest BCUT2D eigenvalue weighted by atomic mass is 16.4. The first-order valence-electron chi connectivity index (χ1n) is 5.21. The van der Waals surface area contributed by atoms with Crippen LogP contribution in [0.3, 0.4) is 0 Å². The Bertz CT molecular complexity index is 632. The van der Waals surface area contributed by atoms with E-state index in [1.807, 2.05) is 0 Å². The Kier molecular flexibility index (Phi) is 2.06. The Morgan fingerprint density at radius 3 is 2.39 bits per heavy atom. The van der Waals surface area contributed by atoms with Gasteiger partial charge in [0.2, 0.25) is 0 Å². The van der Waals surface area contributed by atoms with Gasteiger partial charge in [-0.25, -0.2) is 15.0 Å². The Morgan fingerprint density at radius 1 is 1.11 bits per heavy atom. The highest BCUT2D eigenvalue weighted by Gasteiger charge is 2.61. The third-order valence-electron chi connectivity index (χ3n) is 3.16. The van der Waals surface area contributed by atoms with Crippen molar-refractivity contribution in [1.29, 1.82) is 0 Å². The maximum absolute atomic E-state index is 11.0. The standard InChI is InChI=1S/C10H8N4O4/c15-9(16)4-3(5(4)10(17)18)6-7-8(13-1-11-6)14-2-12-7/h1-5H,(H,15,16)(H,17,18)(H,11,12,13,14)/t4-,5-/m0/s1. The van der Waals surface area contributed by atoms with Crippen LogP contribution in [-0.4, -0.2) is 42.1 Å². The lowest BCUT2D eigenvalue weighted by atomic mass is 10.2. The number of nitrogens with zero attached hydrogens (tertiary/aromatic N) is 3. The van der Waals surface area contributed by atoms with Gasteiger partial charge in [0.15, 0.2) is 5.65 Å². The van der Waals surface area contributed by atoms with Crippen LogP contribution in [0.2, 0.25) is 0 Å². The van der Waals surface area contributed by atoms with Crippen molar-refractivity contribution in [1.82, 2.24) is 19.9 Å².